The minimum absolute atomic E-state index is 0.930. The fourth-order valence-corrected chi connectivity index (χ4v) is 2.55. The van der Waals surface area contributed by atoms with Crippen molar-refractivity contribution in [3.8, 4) is 0 Å². The first-order valence-electron chi connectivity index (χ1n) is 6.95. The smallest absolute Gasteiger partial charge is 0.131 e. The number of anilines is 1. The van der Waals surface area contributed by atoms with Crippen molar-refractivity contribution in [1.29, 1.82) is 0 Å². The number of hydrogen-bond donors (Lipinski definition) is 0. The molecule has 6 heteroatoms. The van der Waals surface area contributed by atoms with Crippen molar-refractivity contribution < 1.29 is 0 Å². The topological polar surface area (TPSA) is 50.1 Å². The molecule has 20 heavy (non-hydrogen) atoms. The van der Waals surface area contributed by atoms with E-state index in [2.05, 4.69) is 37.9 Å². The van der Waals surface area contributed by atoms with Gasteiger partial charge in [0.25, 0.3) is 0 Å². The Hall–Kier alpha value is -1.95. The fourth-order valence-electron chi connectivity index (χ4n) is 2.55. The minimum Gasteiger partial charge on any atom is -0.354 e. The van der Waals surface area contributed by atoms with Crippen molar-refractivity contribution in [2.24, 2.45) is 7.05 Å². The molecule has 0 amide bonds. The standard InChI is InChI=1S/C14H20N6/c1-12-9-13(17-18(12)2)10-19-5-7-20(8-6-19)14-3-4-15-11-16-14/h3-4,9,11H,5-8,10H2,1-2H3. The fraction of sp³-hybridized carbons (Fsp3) is 0.500. The predicted octanol–water partition coefficient (Wildman–Crippen LogP) is 0.841. The van der Waals surface area contributed by atoms with Crippen LogP contribution in [0.2, 0.25) is 0 Å². The highest BCUT2D eigenvalue weighted by Gasteiger charge is 2.18. The maximum atomic E-state index is 4.52. The summed E-state index contributed by atoms with van der Waals surface area (Å²) in [4.78, 5) is 13.0. The zero-order valence-corrected chi connectivity index (χ0v) is 12.0. The quantitative estimate of drug-likeness (QED) is 0.829. The second-order valence-corrected chi connectivity index (χ2v) is 5.23. The average Bonchev–Trinajstić information content (AvgIpc) is 2.79. The highest BCUT2D eigenvalue weighted by Crippen LogP contribution is 2.13. The van der Waals surface area contributed by atoms with E-state index in [9.17, 15) is 0 Å². The van der Waals surface area contributed by atoms with Crippen LogP contribution >= 0.6 is 0 Å². The zero-order valence-electron chi connectivity index (χ0n) is 12.0. The van der Waals surface area contributed by atoms with Crippen LogP contribution in [0.5, 0.6) is 0 Å². The van der Waals surface area contributed by atoms with Crippen LogP contribution in [-0.4, -0.2) is 50.8 Å². The molecule has 6 nitrogen and oxygen atoms in total. The molecule has 0 aliphatic carbocycles. The van der Waals surface area contributed by atoms with Crippen LogP contribution in [-0.2, 0) is 13.6 Å². The van der Waals surface area contributed by atoms with Crippen LogP contribution in [0.1, 0.15) is 11.4 Å². The number of hydrogen-bond acceptors (Lipinski definition) is 5. The molecule has 0 radical (unpaired) electrons. The highest BCUT2D eigenvalue weighted by atomic mass is 15.3. The van der Waals surface area contributed by atoms with E-state index in [1.165, 1.54) is 5.69 Å². The monoisotopic (exact) mass is 272 g/mol. The minimum atomic E-state index is 0.930. The van der Waals surface area contributed by atoms with Crippen molar-refractivity contribution in [3.05, 3.63) is 36.0 Å². The summed E-state index contributed by atoms with van der Waals surface area (Å²) < 4.78 is 1.94. The number of rotatable bonds is 3. The highest BCUT2D eigenvalue weighted by molar-refractivity contribution is 5.36. The lowest BCUT2D eigenvalue weighted by Gasteiger charge is -2.34. The molecule has 1 saturated heterocycles. The van der Waals surface area contributed by atoms with E-state index < -0.39 is 0 Å². The van der Waals surface area contributed by atoms with E-state index >= 15 is 0 Å². The van der Waals surface area contributed by atoms with Gasteiger partial charge in [0, 0.05) is 51.7 Å². The Kier molecular flexibility index (Phi) is 3.64. The number of aromatic nitrogens is 4. The molecule has 3 rings (SSSR count). The van der Waals surface area contributed by atoms with Crippen LogP contribution in [0.25, 0.3) is 0 Å². The Morgan fingerprint density at radius 2 is 2.00 bits per heavy atom. The van der Waals surface area contributed by atoms with Gasteiger partial charge in [0.1, 0.15) is 12.1 Å². The third kappa shape index (κ3) is 2.80. The van der Waals surface area contributed by atoms with E-state index in [4.69, 9.17) is 0 Å². The summed E-state index contributed by atoms with van der Waals surface area (Å²) in [6.45, 7) is 7.10. The SMILES string of the molecule is Cc1cc(CN2CCN(c3ccncn3)CC2)nn1C. The Morgan fingerprint density at radius 1 is 1.20 bits per heavy atom. The maximum absolute atomic E-state index is 4.52. The first-order valence-corrected chi connectivity index (χ1v) is 6.95. The van der Waals surface area contributed by atoms with Gasteiger partial charge in [0.15, 0.2) is 0 Å². The molecular weight excluding hydrogens is 252 g/mol. The Labute approximate surface area is 119 Å². The maximum Gasteiger partial charge on any atom is 0.131 e. The summed E-state index contributed by atoms with van der Waals surface area (Å²) in [6, 6.07) is 4.13. The summed E-state index contributed by atoms with van der Waals surface area (Å²) in [5.41, 5.74) is 2.36. The molecule has 1 aliphatic rings. The van der Waals surface area contributed by atoms with E-state index in [0.29, 0.717) is 0 Å². The zero-order chi connectivity index (χ0) is 13.9. The van der Waals surface area contributed by atoms with Gasteiger partial charge < -0.3 is 4.90 Å². The van der Waals surface area contributed by atoms with Crippen LogP contribution in [0.15, 0.2) is 24.7 Å². The Bertz CT molecular complexity index is 537. The van der Waals surface area contributed by atoms with Crippen molar-refractivity contribution in [2.75, 3.05) is 31.1 Å². The van der Waals surface area contributed by atoms with Gasteiger partial charge >= 0.3 is 0 Å². The summed E-state index contributed by atoms with van der Waals surface area (Å²) >= 11 is 0. The lowest BCUT2D eigenvalue weighted by molar-refractivity contribution is 0.246. The second-order valence-electron chi connectivity index (χ2n) is 5.23. The van der Waals surface area contributed by atoms with Crippen LogP contribution in [0, 0.1) is 6.92 Å². The van der Waals surface area contributed by atoms with Gasteiger partial charge in [-0.1, -0.05) is 0 Å². The summed E-state index contributed by atoms with van der Waals surface area (Å²) in [5.74, 6) is 1.02. The van der Waals surface area contributed by atoms with Crippen molar-refractivity contribution in [1.82, 2.24) is 24.6 Å². The van der Waals surface area contributed by atoms with Gasteiger partial charge in [-0.05, 0) is 19.1 Å². The molecule has 0 spiro atoms. The molecule has 3 heterocycles. The molecule has 1 fully saturated rings. The molecule has 2 aromatic rings. The van der Waals surface area contributed by atoms with Gasteiger partial charge in [-0.3, -0.25) is 9.58 Å². The first-order chi connectivity index (χ1) is 9.72. The molecule has 0 saturated carbocycles. The molecule has 106 valence electrons. The van der Waals surface area contributed by atoms with Crippen LogP contribution in [0.4, 0.5) is 5.82 Å². The van der Waals surface area contributed by atoms with Crippen molar-refractivity contribution in [3.63, 3.8) is 0 Å². The molecule has 0 aromatic carbocycles. The van der Waals surface area contributed by atoms with Gasteiger partial charge in [-0.15, -0.1) is 0 Å². The third-order valence-corrected chi connectivity index (χ3v) is 3.81. The third-order valence-electron chi connectivity index (χ3n) is 3.81. The van der Waals surface area contributed by atoms with Gasteiger partial charge in [0.05, 0.1) is 5.69 Å². The largest absolute Gasteiger partial charge is 0.354 e. The number of aryl methyl sites for hydroxylation is 2. The Balaban J connectivity index is 1.56. The first kappa shape index (κ1) is 13.1. The molecule has 1 aliphatic heterocycles. The molecule has 0 N–H and O–H groups in total. The lowest BCUT2D eigenvalue weighted by atomic mass is 10.2. The Morgan fingerprint density at radius 3 is 2.60 bits per heavy atom. The van der Waals surface area contributed by atoms with E-state index in [0.717, 1.165) is 44.2 Å². The normalized spacial score (nSPS) is 16.6. The van der Waals surface area contributed by atoms with Crippen LogP contribution < -0.4 is 4.90 Å². The molecule has 0 atom stereocenters. The van der Waals surface area contributed by atoms with Gasteiger partial charge in [0.2, 0.25) is 0 Å². The van der Waals surface area contributed by atoms with E-state index in [1.54, 1.807) is 12.5 Å². The number of nitrogens with zero attached hydrogens (tertiary/aromatic N) is 6. The predicted molar refractivity (Wildman–Crippen MR) is 77.5 cm³/mol. The second kappa shape index (κ2) is 5.58. The van der Waals surface area contributed by atoms with E-state index in [-0.39, 0.29) is 0 Å². The molecular formula is C14H20N6. The summed E-state index contributed by atoms with van der Waals surface area (Å²) in [7, 11) is 1.99. The molecule has 2 aromatic heterocycles. The summed E-state index contributed by atoms with van der Waals surface area (Å²) in [6.07, 6.45) is 3.41. The average molecular weight is 272 g/mol. The number of piperazine rings is 1. The van der Waals surface area contributed by atoms with Crippen molar-refractivity contribution in [2.45, 2.75) is 13.5 Å². The summed E-state index contributed by atoms with van der Waals surface area (Å²) in [5, 5.41) is 4.52. The van der Waals surface area contributed by atoms with Crippen LogP contribution in [0.3, 0.4) is 0 Å². The molecule has 0 unspecified atom stereocenters. The van der Waals surface area contributed by atoms with Gasteiger partial charge in [-0.25, -0.2) is 9.97 Å². The van der Waals surface area contributed by atoms with Gasteiger partial charge in [-0.2, -0.15) is 5.10 Å². The van der Waals surface area contributed by atoms with Crippen molar-refractivity contribution >= 4 is 5.82 Å². The molecule has 0 bridgehead atoms. The lowest BCUT2D eigenvalue weighted by Crippen LogP contribution is -2.46. The van der Waals surface area contributed by atoms with E-state index in [1.807, 2.05) is 17.8 Å².